The lowest BCUT2D eigenvalue weighted by atomic mass is 9.97. The summed E-state index contributed by atoms with van der Waals surface area (Å²) >= 11 is 5.90. The minimum atomic E-state index is -4.15. The van der Waals surface area contributed by atoms with Crippen LogP contribution in [0, 0.1) is 5.92 Å². The zero-order valence-electron chi connectivity index (χ0n) is 22.0. The van der Waals surface area contributed by atoms with Crippen LogP contribution in [0.4, 0.5) is 5.95 Å². The third kappa shape index (κ3) is 5.00. The van der Waals surface area contributed by atoms with Gasteiger partial charge in [-0.05, 0) is 25.1 Å². The number of dihydropyridines is 1. The minimum absolute atomic E-state index is 0.0795. The smallest absolute Gasteiger partial charge is 0.243 e. The molecule has 2 aliphatic heterocycles. The van der Waals surface area contributed by atoms with Gasteiger partial charge in [-0.1, -0.05) is 23.7 Å². The van der Waals surface area contributed by atoms with Crippen molar-refractivity contribution in [1.82, 2.24) is 30.0 Å². The van der Waals surface area contributed by atoms with Crippen LogP contribution in [0.5, 0.6) is 11.5 Å². The summed E-state index contributed by atoms with van der Waals surface area (Å²) in [7, 11) is 0.245. The van der Waals surface area contributed by atoms with Crippen molar-refractivity contribution in [3.63, 3.8) is 0 Å². The van der Waals surface area contributed by atoms with Crippen molar-refractivity contribution in [2.24, 2.45) is 10.9 Å². The lowest BCUT2D eigenvalue weighted by Gasteiger charge is -2.23. The zero-order valence-corrected chi connectivity index (χ0v) is 23.6. The van der Waals surface area contributed by atoms with Gasteiger partial charge in [-0.15, -0.1) is 10.2 Å². The Hall–Kier alpha value is -4.01. The molecule has 0 bridgehead atoms. The second-order valence-electron chi connectivity index (χ2n) is 8.88. The van der Waals surface area contributed by atoms with Crippen LogP contribution in [0.25, 0.3) is 11.3 Å². The summed E-state index contributed by atoms with van der Waals surface area (Å²) in [5.41, 5.74) is 1.16. The summed E-state index contributed by atoms with van der Waals surface area (Å²) in [6.07, 6.45) is 8.89. The number of aromatic nitrogens is 5. The lowest BCUT2D eigenvalue weighted by Crippen LogP contribution is -2.33. The molecule has 2 N–H and O–H groups in total. The molecule has 0 radical (unpaired) electrons. The van der Waals surface area contributed by atoms with Crippen LogP contribution < -0.4 is 19.5 Å². The number of sulfonamides is 1. The van der Waals surface area contributed by atoms with E-state index in [1.54, 1.807) is 35.2 Å². The number of aliphatic imine (C=N–C) groups is 1. The van der Waals surface area contributed by atoms with Crippen molar-refractivity contribution >= 4 is 39.4 Å². The number of rotatable bonds is 10. The highest BCUT2D eigenvalue weighted by Gasteiger charge is 2.37. The monoisotopic (exact) mass is 586 g/mol. The highest BCUT2D eigenvalue weighted by atomic mass is 35.5. The highest BCUT2D eigenvalue weighted by molar-refractivity contribution is 7.93. The molecular formula is C25H27ClN8O5S. The number of ether oxygens (including phenoxy) is 3. The Morgan fingerprint density at radius 3 is 2.45 bits per heavy atom. The number of fused-ring (bicyclic) bond motifs is 1. The number of nitrogens with one attached hydrogen (secondary N) is 2. The summed E-state index contributed by atoms with van der Waals surface area (Å²) < 4.78 is 48.4. The molecule has 5 rings (SSSR count). The topological polar surface area (TPSA) is 155 Å². The summed E-state index contributed by atoms with van der Waals surface area (Å²) in [5.74, 6) is 1.13. The molecule has 0 saturated heterocycles. The predicted molar refractivity (Wildman–Crippen MR) is 149 cm³/mol. The van der Waals surface area contributed by atoms with Gasteiger partial charge in [-0.25, -0.2) is 18.4 Å². The van der Waals surface area contributed by atoms with E-state index in [0.29, 0.717) is 28.0 Å². The molecule has 0 fully saturated rings. The molecule has 0 spiro atoms. The normalized spacial score (nSPS) is 19.4. The van der Waals surface area contributed by atoms with Gasteiger partial charge in [0.1, 0.15) is 34.7 Å². The summed E-state index contributed by atoms with van der Waals surface area (Å²) in [6.45, 7) is 1.48. The van der Waals surface area contributed by atoms with Gasteiger partial charge < -0.3 is 19.5 Å². The van der Waals surface area contributed by atoms with Crippen LogP contribution in [0.1, 0.15) is 24.7 Å². The van der Waals surface area contributed by atoms with Gasteiger partial charge in [0.25, 0.3) is 0 Å². The SMILES string of the molecule is COc1cccc(OC)c1-n1c(NS(=O)(=O)[C@@H](C)[C@H](OC)c2ncc(Cl)cn2)nnc1C1=CNC2N=CC=CC12. The molecule has 2 unspecified atom stereocenters. The van der Waals surface area contributed by atoms with Gasteiger partial charge in [0.2, 0.25) is 16.0 Å². The van der Waals surface area contributed by atoms with Gasteiger partial charge >= 0.3 is 0 Å². The van der Waals surface area contributed by atoms with Crippen LogP contribution in [-0.2, 0) is 14.8 Å². The number of hydrogen-bond donors (Lipinski definition) is 2. The number of nitrogens with zero attached hydrogens (tertiary/aromatic N) is 6. The molecule has 0 aliphatic carbocycles. The average molecular weight is 587 g/mol. The molecule has 4 heterocycles. The van der Waals surface area contributed by atoms with E-state index in [0.717, 1.165) is 5.57 Å². The quantitative estimate of drug-likeness (QED) is 0.362. The molecule has 2 aromatic heterocycles. The molecule has 4 atom stereocenters. The molecule has 0 amide bonds. The Morgan fingerprint density at radius 2 is 1.80 bits per heavy atom. The number of halogens is 1. The van der Waals surface area contributed by atoms with E-state index in [2.05, 4.69) is 35.2 Å². The Balaban J connectivity index is 1.60. The maximum absolute atomic E-state index is 13.7. The van der Waals surface area contributed by atoms with Crippen molar-refractivity contribution in [3.8, 4) is 17.2 Å². The summed E-state index contributed by atoms with van der Waals surface area (Å²) in [4.78, 5) is 12.7. The van der Waals surface area contributed by atoms with Crippen molar-refractivity contribution in [2.45, 2.75) is 24.4 Å². The van der Waals surface area contributed by atoms with E-state index in [4.69, 9.17) is 25.8 Å². The number of anilines is 1. The van der Waals surface area contributed by atoms with Gasteiger partial charge in [0.05, 0.1) is 19.2 Å². The van der Waals surface area contributed by atoms with Gasteiger partial charge in [-0.3, -0.25) is 14.3 Å². The van der Waals surface area contributed by atoms with E-state index >= 15 is 0 Å². The third-order valence-electron chi connectivity index (χ3n) is 6.60. The Labute approximate surface area is 236 Å². The minimum Gasteiger partial charge on any atom is -0.494 e. The molecule has 1 aromatic carbocycles. The zero-order chi connectivity index (χ0) is 28.4. The fourth-order valence-corrected chi connectivity index (χ4v) is 5.80. The molecule has 13 nitrogen and oxygen atoms in total. The number of para-hydroxylation sites is 1. The van der Waals surface area contributed by atoms with Crippen LogP contribution in [-0.4, -0.2) is 72.1 Å². The number of methoxy groups -OCH3 is 3. The van der Waals surface area contributed by atoms with Gasteiger partial charge in [-0.2, -0.15) is 0 Å². The van der Waals surface area contributed by atoms with Gasteiger partial charge in [0, 0.05) is 43.4 Å². The lowest BCUT2D eigenvalue weighted by molar-refractivity contribution is 0.0950. The van der Waals surface area contributed by atoms with E-state index in [1.807, 2.05) is 12.2 Å². The fraction of sp³-hybridized carbons (Fsp3) is 0.320. The second kappa shape index (κ2) is 11.2. The first-order valence-electron chi connectivity index (χ1n) is 12.1. The Kier molecular flexibility index (Phi) is 7.74. The Morgan fingerprint density at radius 1 is 1.10 bits per heavy atom. The molecule has 15 heteroatoms. The standard InChI is InChI=1S/C25H27ClN8O5S/c1-14(21(39-4)23-28-11-15(26)12-29-23)40(35,36)33-25-32-31-24(17-13-30-22-16(17)7-6-10-27-22)34(25)20-18(37-2)8-5-9-19(20)38-3/h5-14,16,21-22,30H,1-4H3,(H,32,33)/t14-,16?,21-,22?/m0/s1. The predicted octanol–water partition coefficient (Wildman–Crippen LogP) is 2.77. The van der Waals surface area contributed by atoms with E-state index < -0.39 is 21.4 Å². The molecule has 2 aliphatic rings. The molecular weight excluding hydrogens is 560 g/mol. The summed E-state index contributed by atoms with van der Waals surface area (Å²) in [6, 6.07) is 5.23. The first-order valence-corrected chi connectivity index (χ1v) is 14.1. The molecule has 0 saturated carbocycles. The number of allylic oxidation sites excluding steroid dienone is 1. The first-order chi connectivity index (χ1) is 19.3. The Bertz CT molecular complexity index is 1570. The third-order valence-corrected chi connectivity index (χ3v) is 8.49. The largest absolute Gasteiger partial charge is 0.494 e. The molecule has 210 valence electrons. The molecule has 3 aromatic rings. The highest BCUT2D eigenvalue weighted by Crippen LogP contribution is 2.40. The van der Waals surface area contributed by atoms with Crippen LogP contribution in [0.15, 0.2) is 53.9 Å². The first kappa shape index (κ1) is 27.6. The number of benzene rings is 1. The van der Waals surface area contributed by atoms with Crippen LogP contribution in [0.2, 0.25) is 5.02 Å². The van der Waals surface area contributed by atoms with Crippen molar-refractivity contribution in [2.75, 3.05) is 26.1 Å². The van der Waals surface area contributed by atoms with Crippen LogP contribution >= 0.6 is 11.6 Å². The van der Waals surface area contributed by atoms with Crippen molar-refractivity contribution in [3.05, 3.63) is 65.6 Å². The average Bonchev–Trinajstić information content (AvgIpc) is 3.57. The van der Waals surface area contributed by atoms with Crippen molar-refractivity contribution < 1.29 is 22.6 Å². The van der Waals surface area contributed by atoms with Crippen LogP contribution in [0.3, 0.4) is 0 Å². The van der Waals surface area contributed by atoms with E-state index in [1.165, 1.54) is 40.6 Å². The second-order valence-corrected chi connectivity index (χ2v) is 11.4. The summed E-state index contributed by atoms with van der Waals surface area (Å²) in [5, 5.41) is 11.1. The molecule has 40 heavy (non-hydrogen) atoms. The van der Waals surface area contributed by atoms with E-state index in [9.17, 15) is 8.42 Å². The maximum atomic E-state index is 13.7. The van der Waals surface area contributed by atoms with E-state index in [-0.39, 0.29) is 23.9 Å². The van der Waals surface area contributed by atoms with Gasteiger partial charge in [0.15, 0.2) is 11.6 Å². The fourth-order valence-electron chi connectivity index (χ4n) is 4.58. The van der Waals surface area contributed by atoms with Crippen molar-refractivity contribution in [1.29, 1.82) is 0 Å². The maximum Gasteiger partial charge on any atom is 0.243 e. The number of hydrogen-bond acceptors (Lipinski definition) is 11.